The summed E-state index contributed by atoms with van der Waals surface area (Å²) in [6.45, 7) is 8.94. The lowest BCUT2D eigenvalue weighted by Gasteiger charge is -2.19. The van der Waals surface area contributed by atoms with Crippen molar-refractivity contribution in [2.45, 2.75) is 33.1 Å². The molecule has 144 valence electrons. The van der Waals surface area contributed by atoms with E-state index in [2.05, 4.69) is 36.9 Å². The van der Waals surface area contributed by atoms with Crippen molar-refractivity contribution in [3.05, 3.63) is 65.2 Å². The third-order valence-corrected chi connectivity index (χ3v) is 4.06. The van der Waals surface area contributed by atoms with E-state index < -0.39 is 6.03 Å². The van der Waals surface area contributed by atoms with Gasteiger partial charge in [0.2, 0.25) is 0 Å². The van der Waals surface area contributed by atoms with Crippen LogP contribution in [0.5, 0.6) is 5.75 Å². The minimum absolute atomic E-state index is 0.0981. The summed E-state index contributed by atoms with van der Waals surface area (Å²) in [4.78, 5) is 23.7. The number of benzene rings is 2. The van der Waals surface area contributed by atoms with Crippen LogP contribution >= 0.6 is 0 Å². The number of rotatable bonds is 5. The van der Waals surface area contributed by atoms with Crippen LogP contribution in [0.1, 0.15) is 42.3 Å². The van der Waals surface area contributed by atoms with Crippen LogP contribution in [0.25, 0.3) is 0 Å². The van der Waals surface area contributed by atoms with E-state index in [1.165, 1.54) is 5.56 Å². The summed E-state index contributed by atoms with van der Waals surface area (Å²) in [5.74, 6) is 0.386. The molecule has 0 unspecified atom stereocenters. The van der Waals surface area contributed by atoms with Crippen molar-refractivity contribution in [1.29, 1.82) is 0 Å². The van der Waals surface area contributed by atoms with Gasteiger partial charge in [-0.05, 0) is 41.7 Å². The molecule has 0 aliphatic rings. The maximum Gasteiger partial charge on any atom is 0.333 e. The van der Waals surface area contributed by atoms with Gasteiger partial charge in [0.1, 0.15) is 12.4 Å². The lowest BCUT2D eigenvalue weighted by Crippen LogP contribution is -2.47. The Kier molecular flexibility index (Phi) is 6.82. The Morgan fingerprint density at radius 2 is 1.63 bits per heavy atom. The molecule has 3 N–H and O–H groups in total. The molecule has 0 aromatic heterocycles. The van der Waals surface area contributed by atoms with Crippen molar-refractivity contribution in [1.82, 2.24) is 16.2 Å². The van der Waals surface area contributed by atoms with Crippen LogP contribution in [0.2, 0.25) is 0 Å². The summed E-state index contributed by atoms with van der Waals surface area (Å²) in [5.41, 5.74) is 7.38. The van der Waals surface area contributed by atoms with Gasteiger partial charge in [0.25, 0.3) is 5.91 Å². The Morgan fingerprint density at radius 3 is 2.26 bits per heavy atom. The van der Waals surface area contributed by atoms with E-state index in [4.69, 9.17) is 4.74 Å². The zero-order chi connectivity index (χ0) is 19.9. The van der Waals surface area contributed by atoms with Crippen LogP contribution < -0.4 is 20.9 Å². The van der Waals surface area contributed by atoms with Crippen molar-refractivity contribution < 1.29 is 14.3 Å². The molecule has 0 atom stereocenters. The number of urea groups is 1. The fourth-order valence-corrected chi connectivity index (χ4v) is 2.44. The van der Waals surface area contributed by atoms with Crippen LogP contribution in [0.15, 0.2) is 48.5 Å². The summed E-state index contributed by atoms with van der Waals surface area (Å²) in [5, 5.41) is 2.62. The molecule has 27 heavy (non-hydrogen) atoms. The zero-order valence-electron chi connectivity index (χ0n) is 16.3. The summed E-state index contributed by atoms with van der Waals surface area (Å²) in [6.07, 6.45) is 0. The van der Waals surface area contributed by atoms with E-state index in [9.17, 15) is 9.59 Å². The molecule has 0 aliphatic carbocycles. The largest absolute Gasteiger partial charge is 0.492 e. The first-order chi connectivity index (χ1) is 12.8. The number of hydrogen-bond donors (Lipinski definition) is 3. The highest BCUT2D eigenvalue weighted by Crippen LogP contribution is 2.24. The molecular weight excluding hydrogens is 342 g/mol. The number of hydrogen-bond acceptors (Lipinski definition) is 3. The molecular formula is C21H27N3O3. The first-order valence-electron chi connectivity index (χ1n) is 8.90. The van der Waals surface area contributed by atoms with E-state index in [0.29, 0.717) is 18.7 Å². The average Bonchev–Trinajstić information content (AvgIpc) is 2.63. The first-order valence-corrected chi connectivity index (χ1v) is 8.90. The number of aryl methyl sites for hydroxylation is 1. The van der Waals surface area contributed by atoms with Gasteiger partial charge in [0.05, 0.1) is 6.54 Å². The molecule has 3 amide bonds. The van der Waals surface area contributed by atoms with Gasteiger partial charge >= 0.3 is 6.03 Å². The van der Waals surface area contributed by atoms with Gasteiger partial charge in [0.15, 0.2) is 0 Å². The molecule has 2 aromatic carbocycles. The molecule has 0 radical (unpaired) electrons. The Hall–Kier alpha value is -3.02. The van der Waals surface area contributed by atoms with Crippen molar-refractivity contribution in [2.24, 2.45) is 0 Å². The minimum Gasteiger partial charge on any atom is -0.492 e. The average molecular weight is 369 g/mol. The van der Waals surface area contributed by atoms with E-state index >= 15 is 0 Å². The van der Waals surface area contributed by atoms with Gasteiger partial charge in [-0.3, -0.25) is 10.2 Å². The molecule has 2 aromatic rings. The van der Waals surface area contributed by atoms with Crippen molar-refractivity contribution in [3.63, 3.8) is 0 Å². The van der Waals surface area contributed by atoms with Gasteiger partial charge in [-0.25, -0.2) is 10.2 Å². The van der Waals surface area contributed by atoms with Gasteiger partial charge in [-0.2, -0.15) is 0 Å². The SMILES string of the molecule is Cc1ccccc1C(=O)NNC(=O)NCCOc1ccc(C(C)(C)C)cc1. The predicted molar refractivity (Wildman–Crippen MR) is 106 cm³/mol. The molecule has 0 spiro atoms. The van der Waals surface area contributed by atoms with Crippen LogP contribution in [-0.2, 0) is 5.41 Å². The summed E-state index contributed by atoms with van der Waals surface area (Å²) >= 11 is 0. The fraction of sp³-hybridized carbons (Fsp3) is 0.333. The normalized spacial score (nSPS) is 10.8. The van der Waals surface area contributed by atoms with Crippen LogP contribution in [0.4, 0.5) is 4.79 Å². The van der Waals surface area contributed by atoms with Gasteiger partial charge < -0.3 is 10.1 Å². The lowest BCUT2D eigenvalue weighted by atomic mass is 9.87. The molecule has 0 aliphatic heterocycles. The van der Waals surface area contributed by atoms with Gasteiger partial charge in [0, 0.05) is 5.56 Å². The fourth-order valence-electron chi connectivity index (χ4n) is 2.44. The molecule has 0 saturated carbocycles. The van der Waals surface area contributed by atoms with Crippen LogP contribution in [0.3, 0.4) is 0 Å². The van der Waals surface area contributed by atoms with E-state index in [1.807, 2.05) is 43.3 Å². The molecule has 6 nitrogen and oxygen atoms in total. The topological polar surface area (TPSA) is 79.5 Å². The van der Waals surface area contributed by atoms with E-state index in [-0.39, 0.29) is 11.3 Å². The standard InChI is InChI=1S/C21H27N3O3/c1-15-7-5-6-8-18(15)19(25)23-24-20(26)22-13-14-27-17-11-9-16(10-12-17)21(2,3)4/h5-12H,13-14H2,1-4H3,(H,23,25)(H2,22,24,26). The molecule has 6 heteroatoms. The highest BCUT2D eigenvalue weighted by Gasteiger charge is 2.13. The number of carbonyl (C=O) groups excluding carboxylic acids is 2. The number of hydrazine groups is 1. The third-order valence-electron chi connectivity index (χ3n) is 4.06. The second-order valence-electron chi connectivity index (χ2n) is 7.27. The van der Waals surface area contributed by atoms with Crippen LogP contribution in [0, 0.1) is 6.92 Å². The number of nitrogens with one attached hydrogen (secondary N) is 3. The van der Waals surface area contributed by atoms with E-state index in [1.54, 1.807) is 12.1 Å². The molecule has 0 bridgehead atoms. The second kappa shape index (κ2) is 9.07. The second-order valence-corrected chi connectivity index (χ2v) is 7.27. The number of amides is 3. The monoisotopic (exact) mass is 369 g/mol. The lowest BCUT2D eigenvalue weighted by molar-refractivity contribution is 0.0935. The Balaban J connectivity index is 1.67. The minimum atomic E-state index is -0.497. The first kappa shape index (κ1) is 20.3. The predicted octanol–water partition coefficient (Wildman–Crippen LogP) is 3.32. The smallest absolute Gasteiger partial charge is 0.333 e. The summed E-state index contributed by atoms with van der Waals surface area (Å²) in [7, 11) is 0. The zero-order valence-corrected chi connectivity index (χ0v) is 16.3. The Morgan fingerprint density at radius 1 is 0.963 bits per heavy atom. The van der Waals surface area contributed by atoms with Crippen molar-refractivity contribution >= 4 is 11.9 Å². The van der Waals surface area contributed by atoms with Crippen molar-refractivity contribution in [2.75, 3.05) is 13.2 Å². The molecule has 0 fully saturated rings. The Labute approximate surface area is 160 Å². The number of carbonyl (C=O) groups is 2. The summed E-state index contributed by atoms with van der Waals surface area (Å²) < 4.78 is 5.60. The van der Waals surface area contributed by atoms with Crippen LogP contribution in [-0.4, -0.2) is 25.1 Å². The van der Waals surface area contributed by atoms with Crippen molar-refractivity contribution in [3.8, 4) is 5.75 Å². The molecule has 2 rings (SSSR count). The Bertz CT molecular complexity index is 780. The molecule has 0 saturated heterocycles. The number of ether oxygens (including phenoxy) is 1. The molecule has 0 heterocycles. The third kappa shape index (κ3) is 6.33. The summed E-state index contributed by atoms with van der Waals surface area (Å²) in [6, 6.07) is 14.6. The highest BCUT2D eigenvalue weighted by atomic mass is 16.5. The van der Waals surface area contributed by atoms with Gasteiger partial charge in [-0.15, -0.1) is 0 Å². The highest BCUT2D eigenvalue weighted by molar-refractivity contribution is 5.96. The maximum absolute atomic E-state index is 12.0. The maximum atomic E-state index is 12.0. The quantitative estimate of drug-likeness (QED) is 0.559. The van der Waals surface area contributed by atoms with Gasteiger partial charge in [-0.1, -0.05) is 51.1 Å². The van der Waals surface area contributed by atoms with E-state index in [0.717, 1.165) is 11.3 Å².